The highest BCUT2D eigenvalue weighted by atomic mass is 16.5. The number of hydrogen-bond donors (Lipinski definition) is 2. The van der Waals surface area contributed by atoms with E-state index in [0.29, 0.717) is 6.61 Å². The van der Waals surface area contributed by atoms with Crippen LogP contribution in [-0.2, 0) is 4.74 Å². The van der Waals surface area contributed by atoms with Gasteiger partial charge in [0.1, 0.15) is 6.26 Å². The quantitative estimate of drug-likeness (QED) is 0.825. The van der Waals surface area contributed by atoms with Crippen LogP contribution in [0, 0.1) is 0 Å². The molecule has 0 unspecified atom stereocenters. The molecule has 2 N–H and O–H groups in total. The number of carbonyl (C=O) groups is 1. The van der Waals surface area contributed by atoms with Gasteiger partial charge in [0.25, 0.3) is 6.01 Å². The van der Waals surface area contributed by atoms with Gasteiger partial charge in [-0.3, -0.25) is 0 Å². The fourth-order valence-electron chi connectivity index (χ4n) is 2.43. The van der Waals surface area contributed by atoms with Gasteiger partial charge in [-0.2, -0.15) is 4.98 Å². The minimum Gasteiger partial charge on any atom is -0.461 e. The molecule has 20 heavy (non-hydrogen) atoms. The van der Waals surface area contributed by atoms with Gasteiger partial charge in [0.15, 0.2) is 5.69 Å². The van der Waals surface area contributed by atoms with E-state index in [1.807, 2.05) is 0 Å². The maximum absolute atomic E-state index is 11.5. The van der Waals surface area contributed by atoms with Crippen molar-refractivity contribution in [3.63, 3.8) is 0 Å². The van der Waals surface area contributed by atoms with Crippen LogP contribution in [0.5, 0.6) is 0 Å². The van der Waals surface area contributed by atoms with Crippen LogP contribution < -0.4 is 5.32 Å². The summed E-state index contributed by atoms with van der Waals surface area (Å²) in [6, 6.07) is 0.182. The first-order valence-corrected chi connectivity index (χ1v) is 7.28. The molecule has 6 nitrogen and oxygen atoms in total. The summed E-state index contributed by atoms with van der Waals surface area (Å²) >= 11 is 0. The Morgan fingerprint density at radius 2 is 2.20 bits per heavy atom. The van der Waals surface area contributed by atoms with E-state index in [9.17, 15) is 9.90 Å². The number of rotatable bonds is 4. The monoisotopic (exact) mass is 282 g/mol. The third-order valence-corrected chi connectivity index (χ3v) is 3.53. The molecule has 112 valence electrons. The molecular weight excluding hydrogens is 260 g/mol. The van der Waals surface area contributed by atoms with Gasteiger partial charge in [-0.1, -0.05) is 25.7 Å². The number of aliphatic hydroxyl groups excluding tert-OH is 1. The van der Waals surface area contributed by atoms with Crippen LogP contribution in [0.25, 0.3) is 0 Å². The van der Waals surface area contributed by atoms with E-state index in [0.717, 1.165) is 25.7 Å². The van der Waals surface area contributed by atoms with Crippen molar-refractivity contribution in [2.75, 3.05) is 11.9 Å². The molecular formula is C14H22N2O4. The fraction of sp³-hybridized carbons (Fsp3) is 0.714. The van der Waals surface area contributed by atoms with E-state index in [-0.39, 0.29) is 17.8 Å². The Morgan fingerprint density at radius 1 is 1.45 bits per heavy atom. The van der Waals surface area contributed by atoms with Crippen LogP contribution in [0.2, 0.25) is 0 Å². The van der Waals surface area contributed by atoms with Crippen LogP contribution in [0.15, 0.2) is 10.7 Å². The van der Waals surface area contributed by atoms with Crippen LogP contribution in [-0.4, -0.2) is 34.8 Å². The van der Waals surface area contributed by atoms with Gasteiger partial charge in [0, 0.05) is 0 Å². The Morgan fingerprint density at radius 3 is 2.95 bits per heavy atom. The summed E-state index contributed by atoms with van der Waals surface area (Å²) in [6.45, 7) is 2.04. The predicted molar refractivity (Wildman–Crippen MR) is 73.6 cm³/mol. The smallest absolute Gasteiger partial charge is 0.360 e. The molecule has 6 heteroatoms. The third-order valence-electron chi connectivity index (χ3n) is 3.53. The first-order valence-electron chi connectivity index (χ1n) is 7.28. The number of carbonyl (C=O) groups excluding carboxylic acids is 1. The third kappa shape index (κ3) is 3.96. The zero-order chi connectivity index (χ0) is 14.4. The minimum atomic E-state index is -0.498. The van der Waals surface area contributed by atoms with Gasteiger partial charge >= 0.3 is 5.97 Å². The summed E-state index contributed by atoms with van der Waals surface area (Å²) in [5.41, 5.74) is 0.148. The molecule has 1 aromatic heterocycles. The van der Waals surface area contributed by atoms with Crippen LogP contribution in [0.4, 0.5) is 6.01 Å². The second-order valence-electron chi connectivity index (χ2n) is 5.07. The number of nitrogens with zero attached hydrogens (tertiary/aromatic N) is 1. The maximum Gasteiger partial charge on any atom is 0.360 e. The second kappa shape index (κ2) is 7.28. The molecule has 0 radical (unpaired) electrons. The molecule has 1 fully saturated rings. The number of nitrogens with one attached hydrogen (secondary N) is 1. The molecule has 0 spiro atoms. The Labute approximate surface area is 118 Å². The number of oxazole rings is 1. The van der Waals surface area contributed by atoms with Crippen LogP contribution >= 0.6 is 0 Å². The van der Waals surface area contributed by atoms with Crippen molar-refractivity contribution < 1.29 is 19.1 Å². The predicted octanol–water partition coefficient (Wildman–Crippen LogP) is 2.35. The van der Waals surface area contributed by atoms with E-state index >= 15 is 0 Å². The zero-order valence-electron chi connectivity index (χ0n) is 11.8. The summed E-state index contributed by atoms with van der Waals surface area (Å²) in [7, 11) is 0. The van der Waals surface area contributed by atoms with Crippen molar-refractivity contribution >= 4 is 12.0 Å². The Hall–Kier alpha value is -1.56. The van der Waals surface area contributed by atoms with E-state index in [1.165, 1.54) is 19.1 Å². The summed E-state index contributed by atoms with van der Waals surface area (Å²) < 4.78 is 10.1. The highest BCUT2D eigenvalue weighted by molar-refractivity contribution is 5.87. The van der Waals surface area contributed by atoms with Gasteiger partial charge in [0.2, 0.25) is 0 Å². The lowest BCUT2D eigenvalue weighted by Crippen LogP contribution is -2.34. The number of hydrogen-bond acceptors (Lipinski definition) is 6. The van der Waals surface area contributed by atoms with Gasteiger partial charge in [0.05, 0.1) is 18.8 Å². The topological polar surface area (TPSA) is 84.6 Å². The minimum absolute atomic E-state index is 0.0796. The highest BCUT2D eigenvalue weighted by Gasteiger charge is 2.23. The van der Waals surface area contributed by atoms with Gasteiger partial charge in [-0.25, -0.2) is 4.79 Å². The summed E-state index contributed by atoms with van der Waals surface area (Å²) in [4.78, 5) is 15.5. The average molecular weight is 282 g/mol. The van der Waals surface area contributed by atoms with E-state index in [1.54, 1.807) is 6.92 Å². The Bertz CT molecular complexity index is 433. The van der Waals surface area contributed by atoms with E-state index in [2.05, 4.69) is 10.3 Å². The zero-order valence-corrected chi connectivity index (χ0v) is 11.8. The molecule has 0 aromatic carbocycles. The van der Waals surface area contributed by atoms with Crippen LogP contribution in [0.1, 0.15) is 55.9 Å². The molecule has 0 saturated heterocycles. The summed E-state index contributed by atoms with van der Waals surface area (Å²) in [5.74, 6) is -0.498. The van der Waals surface area contributed by atoms with E-state index < -0.39 is 12.1 Å². The lowest BCUT2D eigenvalue weighted by molar-refractivity contribution is 0.0519. The van der Waals surface area contributed by atoms with Crippen molar-refractivity contribution in [1.82, 2.24) is 4.98 Å². The standard InChI is InChI=1S/C14H22N2O4/c1-2-19-13(18)11-9-20-14(16-11)15-10-7-5-3-4-6-8-12(10)17/h9-10,12,17H,2-8H2,1H3,(H,15,16)/t10-,12-/m0/s1. The highest BCUT2D eigenvalue weighted by Crippen LogP contribution is 2.21. The van der Waals surface area contributed by atoms with Crippen molar-refractivity contribution in [3.8, 4) is 0 Å². The molecule has 1 saturated carbocycles. The fourth-order valence-corrected chi connectivity index (χ4v) is 2.43. The number of ether oxygens (including phenoxy) is 1. The number of aromatic nitrogens is 1. The lowest BCUT2D eigenvalue weighted by Gasteiger charge is -2.25. The molecule has 0 amide bonds. The van der Waals surface area contributed by atoms with Crippen molar-refractivity contribution in [3.05, 3.63) is 12.0 Å². The second-order valence-corrected chi connectivity index (χ2v) is 5.07. The Kier molecular flexibility index (Phi) is 5.40. The summed E-state index contributed by atoms with van der Waals surface area (Å²) in [5, 5.41) is 13.2. The largest absolute Gasteiger partial charge is 0.461 e. The number of aliphatic hydroxyl groups is 1. The molecule has 0 bridgehead atoms. The molecule has 2 rings (SSSR count). The lowest BCUT2D eigenvalue weighted by atomic mass is 9.94. The molecule has 1 aromatic rings. The molecule has 2 atom stereocenters. The SMILES string of the molecule is CCOC(=O)c1coc(N[C@H]2CCCCCC[C@@H]2O)n1. The van der Waals surface area contributed by atoms with Crippen molar-refractivity contribution in [2.45, 2.75) is 57.6 Å². The average Bonchev–Trinajstić information content (AvgIpc) is 2.87. The summed E-state index contributed by atoms with van der Waals surface area (Å²) in [6.07, 6.45) is 6.99. The first-order chi connectivity index (χ1) is 9.70. The molecule has 1 aliphatic carbocycles. The molecule has 0 aliphatic heterocycles. The maximum atomic E-state index is 11.5. The van der Waals surface area contributed by atoms with Gasteiger partial charge in [-0.05, 0) is 19.8 Å². The normalized spacial score (nSPS) is 23.7. The number of anilines is 1. The van der Waals surface area contributed by atoms with Crippen molar-refractivity contribution in [1.29, 1.82) is 0 Å². The molecule has 1 aliphatic rings. The van der Waals surface area contributed by atoms with Gasteiger partial charge in [-0.15, -0.1) is 0 Å². The van der Waals surface area contributed by atoms with Crippen molar-refractivity contribution in [2.24, 2.45) is 0 Å². The van der Waals surface area contributed by atoms with E-state index in [4.69, 9.17) is 9.15 Å². The van der Waals surface area contributed by atoms with Crippen LogP contribution in [0.3, 0.4) is 0 Å². The first kappa shape index (κ1) is 14.8. The van der Waals surface area contributed by atoms with Gasteiger partial charge < -0.3 is 19.6 Å². The number of esters is 1. The Balaban J connectivity index is 1.95. The molecule has 1 heterocycles.